The molecule has 2 atom stereocenters. The van der Waals surface area contributed by atoms with E-state index in [4.69, 9.17) is 19.5 Å². The largest absolute Gasteiger partial charge is 0.478 e. The lowest BCUT2D eigenvalue weighted by Crippen LogP contribution is -2.45. The van der Waals surface area contributed by atoms with Crippen LogP contribution in [0.4, 0.5) is 0 Å². The normalized spacial score (nSPS) is 31.7. The molecule has 2 unspecified atom stereocenters. The van der Waals surface area contributed by atoms with Crippen molar-refractivity contribution in [1.29, 1.82) is 0 Å². The molecule has 20 heavy (non-hydrogen) atoms. The topological polar surface area (TPSA) is 43.2 Å². The lowest BCUT2D eigenvalue weighted by atomic mass is 9.68. The van der Waals surface area contributed by atoms with Crippen LogP contribution in [-0.4, -0.2) is 37.1 Å². The monoisotopic (exact) mass is 278 g/mol. The molecule has 0 saturated heterocycles. The second-order valence-corrected chi connectivity index (χ2v) is 7.05. The van der Waals surface area contributed by atoms with Crippen LogP contribution >= 0.6 is 0 Å². The molecule has 4 heteroatoms. The van der Waals surface area contributed by atoms with E-state index in [0.29, 0.717) is 23.9 Å². The van der Waals surface area contributed by atoms with Gasteiger partial charge in [-0.25, -0.2) is 9.98 Å². The van der Waals surface area contributed by atoms with E-state index < -0.39 is 0 Å². The fraction of sp³-hybridized carbons (Fsp3) is 0.875. The van der Waals surface area contributed by atoms with Crippen LogP contribution in [0.25, 0.3) is 0 Å². The minimum atomic E-state index is -0.132. The molecule has 0 radical (unpaired) electrons. The average Bonchev–Trinajstić information content (AvgIpc) is 2.96. The molecule has 3 aliphatic rings. The molecule has 0 amide bonds. The van der Waals surface area contributed by atoms with Crippen molar-refractivity contribution < 1.29 is 9.47 Å². The van der Waals surface area contributed by atoms with Gasteiger partial charge >= 0.3 is 0 Å². The maximum Gasteiger partial charge on any atom is 0.199 e. The van der Waals surface area contributed by atoms with Gasteiger partial charge in [0.05, 0.1) is 12.1 Å². The minimum absolute atomic E-state index is 0.132. The van der Waals surface area contributed by atoms with Gasteiger partial charge in [-0.2, -0.15) is 0 Å². The molecule has 0 aromatic heterocycles. The minimum Gasteiger partial charge on any atom is -0.478 e. The van der Waals surface area contributed by atoms with Crippen LogP contribution in [0.2, 0.25) is 0 Å². The summed E-state index contributed by atoms with van der Waals surface area (Å²) in [6, 6.07) is 0.593. The van der Waals surface area contributed by atoms with Gasteiger partial charge in [0.1, 0.15) is 18.6 Å². The number of rotatable bonds is 4. The second-order valence-electron chi connectivity index (χ2n) is 7.05. The standard InChI is InChI=1S/C16H26N2O2/c1-10(2)12-8-19-14(17-12)16(6-5-7-16)15-18-13(9-20-15)11(3)4/h10-13H,5-9H2,1-4H3. The van der Waals surface area contributed by atoms with Crippen molar-refractivity contribution in [3.05, 3.63) is 0 Å². The summed E-state index contributed by atoms with van der Waals surface area (Å²) in [6.45, 7) is 10.2. The van der Waals surface area contributed by atoms with E-state index >= 15 is 0 Å². The zero-order valence-corrected chi connectivity index (χ0v) is 13.1. The Morgan fingerprint density at radius 1 is 0.900 bits per heavy atom. The van der Waals surface area contributed by atoms with Gasteiger partial charge in [-0.05, 0) is 24.7 Å². The molecule has 0 N–H and O–H groups in total. The third-order valence-electron chi connectivity index (χ3n) is 4.91. The number of nitrogens with zero attached hydrogens (tertiary/aromatic N) is 2. The molecule has 0 bridgehead atoms. The highest BCUT2D eigenvalue weighted by Crippen LogP contribution is 2.47. The Morgan fingerprint density at radius 2 is 1.35 bits per heavy atom. The van der Waals surface area contributed by atoms with Crippen molar-refractivity contribution in [2.24, 2.45) is 27.2 Å². The number of ether oxygens (including phenoxy) is 2. The summed E-state index contributed by atoms with van der Waals surface area (Å²) in [6.07, 6.45) is 3.35. The highest BCUT2D eigenvalue weighted by molar-refractivity contribution is 6.07. The van der Waals surface area contributed by atoms with Crippen molar-refractivity contribution in [2.45, 2.75) is 59.0 Å². The smallest absolute Gasteiger partial charge is 0.199 e. The lowest BCUT2D eigenvalue weighted by Gasteiger charge is -2.39. The van der Waals surface area contributed by atoms with Crippen molar-refractivity contribution in [3.63, 3.8) is 0 Å². The zero-order valence-electron chi connectivity index (χ0n) is 13.1. The Balaban J connectivity index is 1.83. The average molecular weight is 278 g/mol. The Hall–Kier alpha value is -1.06. The summed E-state index contributed by atoms with van der Waals surface area (Å²) in [4.78, 5) is 9.66. The first-order chi connectivity index (χ1) is 9.53. The second kappa shape index (κ2) is 5.05. The van der Waals surface area contributed by atoms with Crippen LogP contribution in [0.5, 0.6) is 0 Å². The van der Waals surface area contributed by atoms with E-state index in [0.717, 1.165) is 37.9 Å². The van der Waals surface area contributed by atoms with E-state index in [9.17, 15) is 0 Å². The van der Waals surface area contributed by atoms with Crippen LogP contribution in [0, 0.1) is 17.3 Å². The van der Waals surface area contributed by atoms with Gasteiger partial charge in [0.15, 0.2) is 11.8 Å². The maximum atomic E-state index is 5.93. The molecule has 1 saturated carbocycles. The highest BCUT2D eigenvalue weighted by atomic mass is 16.5. The van der Waals surface area contributed by atoms with Crippen molar-refractivity contribution in [3.8, 4) is 0 Å². The molecule has 3 rings (SSSR count). The van der Waals surface area contributed by atoms with Crippen LogP contribution < -0.4 is 0 Å². The molecule has 2 heterocycles. The van der Waals surface area contributed by atoms with Crippen molar-refractivity contribution >= 4 is 11.8 Å². The van der Waals surface area contributed by atoms with E-state index in [1.807, 2.05) is 0 Å². The van der Waals surface area contributed by atoms with Crippen LogP contribution in [0.15, 0.2) is 9.98 Å². The molecule has 0 spiro atoms. The Morgan fingerprint density at radius 3 is 1.60 bits per heavy atom. The molecule has 1 aliphatic carbocycles. The predicted molar refractivity (Wildman–Crippen MR) is 80.3 cm³/mol. The van der Waals surface area contributed by atoms with E-state index in [1.54, 1.807) is 0 Å². The summed E-state index contributed by atoms with van der Waals surface area (Å²) < 4.78 is 11.9. The lowest BCUT2D eigenvalue weighted by molar-refractivity contribution is 0.190. The summed E-state index contributed by atoms with van der Waals surface area (Å²) in [7, 11) is 0. The molecule has 0 aromatic rings. The molecule has 4 nitrogen and oxygen atoms in total. The van der Waals surface area contributed by atoms with Crippen molar-refractivity contribution in [2.75, 3.05) is 13.2 Å². The van der Waals surface area contributed by atoms with Gasteiger partial charge in [-0.1, -0.05) is 34.1 Å². The molecule has 112 valence electrons. The zero-order chi connectivity index (χ0) is 14.3. The number of hydrogen-bond acceptors (Lipinski definition) is 4. The summed E-state index contributed by atoms with van der Waals surface area (Å²) in [5.41, 5.74) is -0.132. The van der Waals surface area contributed by atoms with E-state index in [2.05, 4.69) is 27.7 Å². The first kappa shape index (κ1) is 13.9. The molecular weight excluding hydrogens is 252 g/mol. The quantitative estimate of drug-likeness (QED) is 0.793. The Bertz CT molecular complexity index is 400. The number of hydrogen-bond donors (Lipinski definition) is 0. The molecule has 1 fully saturated rings. The van der Waals surface area contributed by atoms with Gasteiger partial charge in [0.2, 0.25) is 0 Å². The summed E-state index contributed by atoms with van der Waals surface area (Å²) in [5, 5.41) is 0. The molecule has 2 aliphatic heterocycles. The van der Waals surface area contributed by atoms with Gasteiger partial charge in [0.25, 0.3) is 0 Å². The first-order valence-corrected chi connectivity index (χ1v) is 7.95. The van der Waals surface area contributed by atoms with Crippen LogP contribution in [0.1, 0.15) is 47.0 Å². The van der Waals surface area contributed by atoms with Gasteiger partial charge in [-0.15, -0.1) is 0 Å². The van der Waals surface area contributed by atoms with E-state index in [-0.39, 0.29) is 5.41 Å². The summed E-state index contributed by atoms with van der Waals surface area (Å²) in [5.74, 6) is 2.84. The fourth-order valence-corrected chi connectivity index (χ4v) is 3.03. The van der Waals surface area contributed by atoms with Gasteiger partial charge in [0, 0.05) is 0 Å². The predicted octanol–water partition coefficient (Wildman–Crippen LogP) is 3.06. The van der Waals surface area contributed by atoms with Gasteiger partial charge in [-0.3, -0.25) is 0 Å². The molecule has 0 aromatic carbocycles. The third-order valence-corrected chi connectivity index (χ3v) is 4.91. The first-order valence-electron chi connectivity index (χ1n) is 7.95. The summed E-state index contributed by atoms with van der Waals surface area (Å²) >= 11 is 0. The Kier molecular flexibility index (Phi) is 3.51. The molecular formula is C16H26N2O2. The SMILES string of the molecule is CC(C)C1COC(C2(C3=NC(C(C)C)CO3)CCC2)=N1. The third kappa shape index (κ3) is 2.13. The van der Waals surface area contributed by atoms with Crippen molar-refractivity contribution in [1.82, 2.24) is 0 Å². The fourth-order valence-electron chi connectivity index (χ4n) is 3.03. The van der Waals surface area contributed by atoms with Crippen LogP contribution in [-0.2, 0) is 9.47 Å². The van der Waals surface area contributed by atoms with Gasteiger partial charge < -0.3 is 9.47 Å². The van der Waals surface area contributed by atoms with E-state index in [1.165, 1.54) is 6.42 Å². The maximum absolute atomic E-state index is 5.93. The van der Waals surface area contributed by atoms with Crippen LogP contribution in [0.3, 0.4) is 0 Å². The Labute approximate surface area is 121 Å². The highest BCUT2D eigenvalue weighted by Gasteiger charge is 2.53. The number of aliphatic imine (C=N–C) groups is 2.